The van der Waals surface area contributed by atoms with Crippen LogP contribution in [0.3, 0.4) is 0 Å². The fraction of sp³-hybridized carbons (Fsp3) is 0.250. The summed E-state index contributed by atoms with van der Waals surface area (Å²) >= 11 is 0. The zero-order valence-corrected chi connectivity index (χ0v) is 21.0. The summed E-state index contributed by atoms with van der Waals surface area (Å²) in [6.45, 7) is 7.32. The lowest BCUT2D eigenvalue weighted by atomic mass is 9.99. The molecule has 0 aromatic heterocycles. The summed E-state index contributed by atoms with van der Waals surface area (Å²) in [7, 11) is 0. The van der Waals surface area contributed by atoms with E-state index >= 15 is 0 Å². The van der Waals surface area contributed by atoms with Gasteiger partial charge in [0.2, 0.25) is 0 Å². The lowest BCUT2D eigenvalue weighted by Crippen LogP contribution is -2.24. The van der Waals surface area contributed by atoms with Crippen molar-refractivity contribution in [2.75, 3.05) is 11.9 Å². The number of benzene rings is 4. The van der Waals surface area contributed by atoms with Gasteiger partial charge in [0.15, 0.2) is 0 Å². The summed E-state index contributed by atoms with van der Waals surface area (Å²) in [5, 5.41) is 6.99. The molecule has 4 aromatic carbocycles. The highest BCUT2D eigenvalue weighted by atomic mass is 14.9. The summed E-state index contributed by atoms with van der Waals surface area (Å²) < 4.78 is 0. The smallest absolute Gasteiger partial charge is 0.0384 e. The molecule has 1 atom stereocenters. The van der Waals surface area contributed by atoms with E-state index in [0.29, 0.717) is 6.04 Å². The van der Waals surface area contributed by atoms with Gasteiger partial charge in [0.05, 0.1) is 0 Å². The topological polar surface area (TPSA) is 24.1 Å². The van der Waals surface area contributed by atoms with Crippen molar-refractivity contribution in [2.45, 2.75) is 46.1 Å². The van der Waals surface area contributed by atoms with Gasteiger partial charge in [-0.1, -0.05) is 124 Å². The molecule has 0 bridgehead atoms. The second-order valence-corrected chi connectivity index (χ2v) is 7.82. The van der Waals surface area contributed by atoms with Crippen LogP contribution in [0.25, 0.3) is 0 Å². The van der Waals surface area contributed by atoms with E-state index in [-0.39, 0.29) is 0 Å². The second kappa shape index (κ2) is 17.2. The summed E-state index contributed by atoms with van der Waals surface area (Å²) in [4.78, 5) is 0. The second-order valence-electron chi connectivity index (χ2n) is 7.82. The van der Waals surface area contributed by atoms with E-state index in [0.717, 1.165) is 24.3 Å². The highest BCUT2D eigenvalue weighted by Gasteiger charge is 2.10. The first-order valence-corrected chi connectivity index (χ1v) is 12.5. The fourth-order valence-electron chi connectivity index (χ4n) is 3.51. The molecule has 0 saturated heterocycles. The quantitative estimate of drug-likeness (QED) is 0.248. The first-order chi connectivity index (χ1) is 16.8. The van der Waals surface area contributed by atoms with Crippen LogP contribution in [0.2, 0.25) is 0 Å². The van der Waals surface area contributed by atoms with Gasteiger partial charge in [0, 0.05) is 17.4 Å². The lowest BCUT2D eigenvalue weighted by Gasteiger charge is -2.19. The molecule has 4 rings (SSSR count). The SMILES string of the molecule is CC.CCCCNC(Cc1ccccc1)c1ccccc1.c1ccc(Nc2ccccc2)cc1. The third kappa shape index (κ3) is 10.5. The van der Waals surface area contributed by atoms with Gasteiger partial charge in [-0.3, -0.25) is 0 Å². The van der Waals surface area contributed by atoms with Gasteiger partial charge in [-0.15, -0.1) is 0 Å². The van der Waals surface area contributed by atoms with Crippen molar-refractivity contribution < 1.29 is 0 Å². The largest absolute Gasteiger partial charge is 0.356 e. The maximum absolute atomic E-state index is 3.69. The molecule has 0 amide bonds. The highest BCUT2D eigenvalue weighted by Crippen LogP contribution is 2.18. The minimum atomic E-state index is 0.412. The van der Waals surface area contributed by atoms with Crippen molar-refractivity contribution in [2.24, 2.45) is 0 Å². The monoisotopic (exact) mass is 452 g/mol. The van der Waals surface area contributed by atoms with Crippen molar-refractivity contribution in [3.05, 3.63) is 132 Å². The molecule has 4 aromatic rings. The van der Waals surface area contributed by atoms with Crippen molar-refractivity contribution in [1.29, 1.82) is 0 Å². The maximum Gasteiger partial charge on any atom is 0.0384 e. The molecule has 2 N–H and O–H groups in total. The minimum absolute atomic E-state index is 0.412. The summed E-state index contributed by atoms with van der Waals surface area (Å²) in [6, 6.07) is 42.2. The zero-order chi connectivity index (χ0) is 24.3. The maximum atomic E-state index is 3.69. The Kier molecular flexibility index (Phi) is 13.6. The molecule has 0 heterocycles. The van der Waals surface area contributed by atoms with Crippen molar-refractivity contribution in [3.8, 4) is 0 Å². The van der Waals surface area contributed by atoms with Crippen molar-refractivity contribution >= 4 is 11.4 Å². The molecule has 1 unspecified atom stereocenters. The van der Waals surface area contributed by atoms with Crippen LogP contribution in [0.5, 0.6) is 0 Å². The Morgan fingerprint density at radius 1 is 0.588 bits per heavy atom. The Bertz CT molecular complexity index is 933. The molecule has 178 valence electrons. The molecular weight excluding hydrogens is 412 g/mol. The number of unbranched alkanes of at least 4 members (excludes halogenated alkanes) is 1. The third-order valence-corrected chi connectivity index (χ3v) is 5.24. The van der Waals surface area contributed by atoms with Crippen LogP contribution in [-0.2, 0) is 6.42 Å². The lowest BCUT2D eigenvalue weighted by molar-refractivity contribution is 0.518. The van der Waals surface area contributed by atoms with Crippen LogP contribution in [0.1, 0.15) is 50.8 Å². The molecule has 2 nitrogen and oxygen atoms in total. The van der Waals surface area contributed by atoms with E-state index in [1.807, 2.05) is 74.5 Å². The number of nitrogens with one attached hydrogen (secondary N) is 2. The number of rotatable bonds is 9. The minimum Gasteiger partial charge on any atom is -0.356 e. The Balaban J connectivity index is 0.000000237. The Hall–Kier alpha value is -3.36. The average Bonchev–Trinajstić information content (AvgIpc) is 2.92. The van der Waals surface area contributed by atoms with Gasteiger partial charge in [0.1, 0.15) is 0 Å². The Labute approximate surface area is 207 Å². The summed E-state index contributed by atoms with van der Waals surface area (Å²) in [5.74, 6) is 0. The van der Waals surface area contributed by atoms with Gasteiger partial charge in [-0.2, -0.15) is 0 Å². The van der Waals surface area contributed by atoms with E-state index in [9.17, 15) is 0 Å². The van der Waals surface area contributed by atoms with Gasteiger partial charge in [-0.05, 0) is 54.8 Å². The van der Waals surface area contributed by atoms with E-state index in [1.54, 1.807) is 0 Å². The van der Waals surface area contributed by atoms with Gasteiger partial charge in [-0.25, -0.2) is 0 Å². The number of para-hydroxylation sites is 2. The third-order valence-electron chi connectivity index (χ3n) is 5.24. The molecule has 2 heteroatoms. The van der Waals surface area contributed by atoms with Crippen molar-refractivity contribution in [3.63, 3.8) is 0 Å². The fourth-order valence-corrected chi connectivity index (χ4v) is 3.51. The highest BCUT2D eigenvalue weighted by molar-refractivity contribution is 5.58. The molecule has 34 heavy (non-hydrogen) atoms. The molecule has 0 aliphatic rings. The number of hydrogen-bond acceptors (Lipinski definition) is 2. The van der Waals surface area contributed by atoms with Crippen LogP contribution < -0.4 is 10.6 Å². The van der Waals surface area contributed by atoms with Crippen LogP contribution in [0, 0.1) is 0 Å². The summed E-state index contributed by atoms with van der Waals surface area (Å²) in [6.07, 6.45) is 3.52. The molecule has 0 fully saturated rings. The van der Waals surface area contributed by atoms with E-state index < -0.39 is 0 Å². The molecule has 0 radical (unpaired) electrons. The van der Waals surface area contributed by atoms with Crippen LogP contribution >= 0.6 is 0 Å². The average molecular weight is 453 g/mol. The Morgan fingerprint density at radius 2 is 1.03 bits per heavy atom. The van der Waals surface area contributed by atoms with Crippen molar-refractivity contribution in [1.82, 2.24) is 5.32 Å². The standard InChI is InChI=1S/C18H23N.C12H11N.C2H6/c1-2-3-14-19-18(17-12-8-5-9-13-17)15-16-10-6-4-7-11-16;1-3-7-11(8-4-1)13-12-9-5-2-6-10-12;1-2/h4-13,18-19H,2-3,14-15H2,1H3;1-10,13H;1-2H3. The van der Waals surface area contributed by atoms with Crippen LogP contribution in [0.4, 0.5) is 11.4 Å². The van der Waals surface area contributed by atoms with Gasteiger partial charge < -0.3 is 10.6 Å². The summed E-state index contributed by atoms with van der Waals surface area (Å²) in [5.41, 5.74) is 5.00. The van der Waals surface area contributed by atoms with E-state index in [4.69, 9.17) is 0 Å². The van der Waals surface area contributed by atoms with Crippen LogP contribution in [-0.4, -0.2) is 6.54 Å². The van der Waals surface area contributed by atoms with E-state index in [2.05, 4.69) is 78.2 Å². The first kappa shape index (κ1) is 26.9. The number of hydrogen-bond donors (Lipinski definition) is 2. The van der Waals surface area contributed by atoms with E-state index in [1.165, 1.54) is 24.0 Å². The molecule has 0 aliphatic heterocycles. The van der Waals surface area contributed by atoms with Gasteiger partial charge in [0.25, 0.3) is 0 Å². The zero-order valence-electron chi connectivity index (χ0n) is 21.0. The molecule has 0 saturated carbocycles. The molecule has 0 spiro atoms. The molecule has 0 aliphatic carbocycles. The van der Waals surface area contributed by atoms with Gasteiger partial charge >= 0.3 is 0 Å². The predicted octanol–water partition coefficient (Wildman–Crippen LogP) is 8.82. The Morgan fingerprint density at radius 3 is 1.50 bits per heavy atom. The van der Waals surface area contributed by atoms with Crippen LogP contribution in [0.15, 0.2) is 121 Å². The number of anilines is 2. The normalized spacial score (nSPS) is 10.7. The molecular formula is C32H40N2. The first-order valence-electron chi connectivity index (χ1n) is 12.5. The predicted molar refractivity (Wildman–Crippen MR) is 150 cm³/mol.